The number of hydrogen-bond acceptors (Lipinski definition) is 2. The highest BCUT2D eigenvalue weighted by Crippen LogP contribution is 2.13. The van der Waals surface area contributed by atoms with Crippen LogP contribution in [0.15, 0.2) is 54.6 Å². The minimum Gasteiger partial charge on any atom is -0.352 e. The molecule has 0 fully saturated rings. The third-order valence-electron chi connectivity index (χ3n) is 3.80. The van der Waals surface area contributed by atoms with Crippen LogP contribution in [0.5, 0.6) is 0 Å². The molecule has 0 aliphatic heterocycles. The Labute approximate surface area is 144 Å². The summed E-state index contributed by atoms with van der Waals surface area (Å²) >= 11 is 0. The molecule has 1 unspecified atom stereocenters. The average molecular weight is 333 g/mol. The molecule has 2 aromatic carbocycles. The van der Waals surface area contributed by atoms with Crippen LogP contribution in [-0.2, 0) is 12.8 Å². The van der Waals surface area contributed by atoms with Gasteiger partial charge in [0.15, 0.2) is 0 Å². The number of nitrogens with two attached hydrogens (primary N) is 1. The molecule has 3 N–H and O–H groups in total. The molecule has 23 heavy (non-hydrogen) atoms. The normalized spacial score (nSPS) is 11.4. The predicted octanol–water partition coefficient (Wildman–Crippen LogP) is 3.22. The summed E-state index contributed by atoms with van der Waals surface area (Å²) in [5.41, 5.74) is 8.73. The van der Waals surface area contributed by atoms with Crippen LogP contribution in [0.1, 0.15) is 28.4 Å². The van der Waals surface area contributed by atoms with Gasteiger partial charge in [-0.1, -0.05) is 55.5 Å². The van der Waals surface area contributed by atoms with Gasteiger partial charge in [-0.3, -0.25) is 4.79 Å². The van der Waals surface area contributed by atoms with Crippen molar-refractivity contribution in [2.75, 3.05) is 13.1 Å². The van der Waals surface area contributed by atoms with E-state index in [1.807, 2.05) is 49.4 Å². The Bertz CT molecular complexity index is 601. The van der Waals surface area contributed by atoms with E-state index < -0.39 is 0 Å². The first-order valence-corrected chi connectivity index (χ1v) is 7.80. The number of carbonyl (C=O) groups excluding carboxylic acids is 1. The Kier molecular flexibility index (Phi) is 8.38. The molecule has 2 aromatic rings. The van der Waals surface area contributed by atoms with Crippen LogP contribution < -0.4 is 11.1 Å². The highest BCUT2D eigenvalue weighted by Gasteiger charge is 2.11. The first-order chi connectivity index (χ1) is 10.7. The van der Waals surface area contributed by atoms with Crippen molar-refractivity contribution < 1.29 is 4.79 Å². The number of benzene rings is 2. The standard InChI is InChI=1S/C19H24N2O.ClH/c1-15(13-20)14-21-19(22)18-10-6-5-9-17(18)12-11-16-7-3-2-4-8-16;/h2-10,15H,11-14,20H2,1H3,(H,21,22);1H. The van der Waals surface area contributed by atoms with Crippen molar-refractivity contribution in [1.29, 1.82) is 0 Å². The molecule has 0 heterocycles. The molecule has 0 aromatic heterocycles. The number of nitrogens with one attached hydrogen (secondary N) is 1. The van der Waals surface area contributed by atoms with Crippen LogP contribution in [0, 0.1) is 5.92 Å². The van der Waals surface area contributed by atoms with Gasteiger partial charge in [-0.15, -0.1) is 12.4 Å². The smallest absolute Gasteiger partial charge is 0.251 e. The first-order valence-electron chi connectivity index (χ1n) is 7.80. The van der Waals surface area contributed by atoms with Gasteiger partial charge in [-0.2, -0.15) is 0 Å². The molecule has 0 aliphatic carbocycles. The predicted molar refractivity (Wildman–Crippen MR) is 98.1 cm³/mol. The topological polar surface area (TPSA) is 55.1 Å². The maximum Gasteiger partial charge on any atom is 0.251 e. The van der Waals surface area contributed by atoms with Crippen LogP contribution in [-0.4, -0.2) is 19.0 Å². The zero-order valence-corrected chi connectivity index (χ0v) is 14.3. The van der Waals surface area contributed by atoms with E-state index in [1.165, 1.54) is 5.56 Å². The van der Waals surface area contributed by atoms with Crippen LogP contribution in [0.2, 0.25) is 0 Å². The molecule has 1 atom stereocenters. The molecule has 0 bridgehead atoms. The lowest BCUT2D eigenvalue weighted by atomic mass is 9.99. The lowest BCUT2D eigenvalue weighted by Gasteiger charge is -2.13. The SMILES string of the molecule is CC(CN)CNC(=O)c1ccccc1CCc1ccccc1.Cl. The van der Waals surface area contributed by atoms with Crippen LogP contribution in [0.3, 0.4) is 0 Å². The lowest BCUT2D eigenvalue weighted by Crippen LogP contribution is -2.31. The molecule has 4 heteroatoms. The number of hydrogen-bond donors (Lipinski definition) is 2. The van der Waals surface area contributed by atoms with Gasteiger partial charge in [0.05, 0.1) is 0 Å². The molecular weight excluding hydrogens is 308 g/mol. The van der Waals surface area contributed by atoms with Crippen molar-refractivity contribution in [2.45, 2.75) is 19.8 Å². The Morgan fingerprint density at radius 1 is 1.04 bits per heavy atom. The van der Waals surface area contributed by atoms with Gasteiger partial charge in [0.1, 0.15) is 0 Å². The minimum absolute atomic E-state index is 0. The maximum absolute atomic E-state index is 12.3. The first kappa shape index (κ1) is 19.2. The summed E-state index contributed by atoms with van der Waals surface area (Å²) in [5.74, 6) is 0.282. The molecule has 0 saturated carbocycles. The number of carbonyl (C=O) groups is 1. The third-order valence-corrected chi connectivity index (χ3v) is 3.80. The summed E-state index contributed by atoms with van der Waals surface area (Å²) in [7, 11) is 0. The zero-order valence-electron chi connectivity index (χ0n) is 13.5. The van der Waals surface area contributed by atoms with Crippen LogP contribution in [0.25, 0.3) is 0 Å². The zero-order chi connectivity index (χ0) is 15.8. The summed E-state index contributed by atoms with van der Waals surface area (Å²) in [4.78, 5) is 12.3. The highest BCUT2D eigenvalue weighted by molar-refractivity contribution is 5.95. The van der Waals surface area contributed by atoms with Crippen molar-refractivity contribution in [2.24, 2.45) is 11.7 Å². The molecule has 0 saturated heterocycles. The van der Waals surface area contributed by atoms with Gasteiger partial charge in [0, 0.05) is 12.1 Å². The largest absolute Gasteiger partial charge is 0.352 e. The molecule has 0 radical (unpaired) electrons. The monoisotopic (exact) mass is 332 g/mol. The molecule has 0 spiro atoms. The maximum atomic E-state index is 12.3. The van der Waals surface area contributed by atoms with E-state index in [1.54, 1.807) is 0 Å². The van der Waals surface area contributed by atoms with Gasteiger partial charge < -0.3 is 11.1 Å². The second-order valence-electron chi connectivity index (χ2n) is 5.69. The third kappa shape index (κ3) is 6.05. The van der Waals surface area contributed by atoms with Crippen molar-refractivity contribution in [1.82, 2.24) is 5.32 Å². The second-order valence-corrected chi connectivity index (χ2v) is 5.69. The van der Waals surface area contributed by atoms with Crippen molar-refractivity contribution in [3.63, 3.8) is 0 Å². The van der Waals surface area contributed by atoms with Crippen molar-refractivity contribution in [3.05, 3.63) is 71.3 Å². The Morgan fingerprint density at radius 3 is 2.39 bits per heavy atom. The van der Waals surface area contributed by atoms with Gasteiger partial charge in [-0.05, 0) is 42.5 Å². The van der Waals surface area contributed by atoms with E-state index in [0.29, 0.717) is 19.0 Å². The summed E-state index contributed by atoms with van der Waals surface area (Å²) < 4.78 is 0. The van der Waals surface area contributed by atoms with Crippen molar-refractivity contribution >= 4 is 18.3 Å². The number of amides is 1. The highest BCUT2D eigenvalue weighted by atomic mass is 35.5. The fraction of sp³-hybridized carbons (Fsp3) is 0.316. The van der Waals surface area contributed by atoms with E-state index in [0.717, 1.165) is 24.0 Å². The fourth-order valence-electron chi connectivity index (χ4n) is 2.33. The number of halogens is 1. The quantitative estimate of drug-likeness (QED) is 0.818. The van der Waals surface area contributed by atoms with E-state index in [2.05, 4.69) is 17.4 Å². The lowest BCUT2D eigenvalue weighted by molar-refractivity contribution is 0.0947. The van der Waals surface area contributed by atoms with Gasteiger partial charge in [-0.25, -0.2) is 0 Å². The van der Waals surface area contributed by atoms with E-state index in [-0.39, 0.29) is 18.3 Å². The summed E-state index contributed by atoms with van der Waals surface area (Å²) in [6.07, 6.45) is 1.80. The number of aryl methyl sites for hydroxylation is 2. The minimum atomic E-state index is -0.0102. The summed E-state index contributed by atoms with van der Waals surface area (Å²) in [6, 6.07) is 18.2. The van der Waals surface area contributed by atoms with Crippen LogP contribution in [0.4, 0.5) is 0 Å². The van der Waals surface area contributed by atoms with E-state index in [9.17, 15) is 4.79 Å². The molecule has 1 amide bonds. The Hall–Kier alpha value is -1.84. The second kappa shape index (κ2) is 10.0. The molecule has 2 rings (SSSR count). The van der Waals surface area contributed by atoms with Gasteiger partial charge >= 0.3 is 0 Å². The average Bonchev–Trinajstić information content (AvgIpc) is 2.58. The summed E-state index contributed by atoms with van der Waals surface area (Å²) in [5, 5.41) is 2.97. The molecule has 3 nitrogen and oxygen atoms in total. The van der Waals surface area contributed by atoms with E-state index >= 15 is 0 Å². The summed E-state index contributed by atoms with van der Waals surface area (Å²) in [6.45, 7) is 3.22. The molecule has 124 valence electrons. The number of rotatable bonds is 7. The fourth-order valence-corrected chi connectivity index (χ4v) is 2.33. The van der Waals surface area contributed by atoms with Crippen molar-refractivity contribution in [3.8, 4) is 0 Å². The molecule has 0 aliphatic rings. The van der Waals surface area contributed by atoms with Gasteiger partial charge in [0.2, 0.25) is 0 Å². The molecular formula is C19H25ClN2O. The van der Waals surface area contributed by atoms with Gasteiger partial charge in [0.25, 0.3) is 5.91 Å². The van der Waals surface area contributed by atoms with Crippen LogP contribution >= 0.6 is 12.4 Å². The Morgan fingerprint density at radius 2 is 1.70 bits per heavy atom. The Balaban J connectivity index is 0.00000264. The van der Waals surface area contributed by atoms with E-state index in [4.69, 9.17) is 5.73 Å².